The average Bonchev–Trinajstić information content (AvgIpc) is 3.13. The van der Waals surface area contributed by atoms with Crippen LogP contribution in [0.15, 0.2) is 42.5 Å². The molecule has 2 aliphatic heterocycles. The van der Waals surface area contributed by atoms with Crippen LogP contribution in [-0.2, 0) is 4.79 Å². The Kier molecular flexibility index (Phi) is 4.70. The lowest BCUT2D eigenvalue weighted by Crippen LogP contribution is -2.36. The highest BCUT2D eigenvalue weighted by molar-refractivity contribution is 5.88. The zero-order chi connectivity index (χ0) is 16.9. The van der Waals surface area contributed by atoms with E-state index in [1.807, 2.05) is 0 Å². The molecule has 1 aliphatic carbocycles. The molecule has 1 spiro atoms. The number of rotatable bonds is 2. The van der Waals surface area contributed by atoms with Gasteiger partial charge in [-0.2, -0.15) is 0 Å². The third kappa shape index (κ3) is 2.82. The van der Waals surface area contributed by atoms with Crippen LogP contribution < -0.4 is 5.32 Å². The van der Waals surface area contributed by atoms with Gasteiger partial charge in [0.2, 0.25) is 5.91 Å². The van der Waals surface area contributed by atoms with E-state index >= 15 is 0 Å². The first-order valence-corrected chi connectivity index (χ1v) is 9.77. The van der Waals surface area contributed by atoms with Gasteiger partial charge >= 0.3 is 0 Å². The van der Waals surface area contributed by atoms with E-state index in [0.717, 1.165) is 38.9 Å². The topological polar surface area (TPSA) is 32.3 Å². The maximum atomic E-state index is 13.3. The largest absolute Gasteiger partial charge is 0.335 e. The molecular formula is C22H27ClN2O. The van der Waals surface area contributed by atoms with E-state index in [4.69, 9.17) is 0 Å². The first kappa shape index (κ1) is 17.8. The fourth-order valence-electron chi connectivity index (χ4n) is 5.27. The molecule has 1 N–H and O–H groups in total. The number of carbonyl (C=O) groups is 1. The molecule has 0 aromatic heterocycles. The molecule has 26 heavy (non-hydrogen) atoms. The number of nitrogens with zero attached hydrogens (tertiary/aromatic N) is 1. The fourth-order valence-corrected chi connectivity index (χ4v) is 5.27. The van der Waals surface area contributed by atoms with Crippen LogP contribution in [0.5, 0.6) is 0 Å². The quantitative estimate of drug-likeness (QED) is 0.854. The van der Waals surface area contributed by atoms with E-state index in [1.165, 1.54) is 29.2 Å². The number of piperidine rings is 1. The van der Waals surface area contributed by atoms with Crippen molar-refractivity contribution in [1.82, 2.24) is 10.2 Å². The van der Waals surface area contributed by atoms with Crippen molar-refractivity contribution in [2.24, 2.45) is 11.3 Å². The normalized spacial score (nSPS) is 26.7. The van der Waals surface area contributed by atoms with Crippen LogP contribution in [0.3, 0.4) is 0 Å². The van der Waals surface area contributed by atoms with Crippen molar-refractivity contribution >= 4 is 29.1 Å². The van der Waals surface area contributed by atoms with Gasteiger partial charge in [-0.05, 0) is 66.9 Å². The van der Waals surface area contributed by atoms with Crippen molar-refractivity contribution in [3.8, 4) is 0 Å². The Bertz CT molecular complexity index is 809. The van der Waals surface area contributed by atoms with Gasteiger partial charge in [-0.15, -0.1) is 12.4 Å². The summed E-state index contributed by atoms with van der Waals surface area (Å²) in [5, 5.41) is 6.02. The number of halogens is 1. The molecule has 3 aliphatic rings. The summed E-state index contributed by atoms with van der Waals surface area (Å²) in [6, 6.07) is 15.4. The van der Waals surface area contributed by atoms with Crippen LogP contribution in [0.25, 0.3) is 10.8 Å². The summed E-state index contributed by atoms with van der Waals surface area (Å²) in [5.74, 6) is 0.711. The van der Waals surface area contributed by atoms with Crippen LogP contribution in [0.2, 0.25) is 0 Å². The maximum absolute atomic E-state index is 13.3. The van der Waals surface area contributed by atoms with E-state index < -0.39 is 0 Å². The van der Waals surface area contributed by atoms with Gasteiger partial charge in [-0.25, -0.2) is 0 Å². The molecule has 0 radical (unpaired) electrons. The molecule has 2 atom stereocenters. The number of carbonyl (C=O) groups excluding carboxylic acids is 1. The Labute approximate surface area is 161 Å². The summed E-state index contributed by atoms with van der Waals surface area (Å²) < 4.78 is 0. The lowest BCUT2D eigenvalue weighted by Gasteiger charge is -2.29. The first-order chi connectivity index (χ1) is 12.3. The predicted molar refractivity (Wildman–Crippen MR) is 108 cm³/mol. The summed E-state index contributed by atoms with van der Waals surface area (Å²) in [5.41, 5.74) is 1.66. The molecule has 5 rings (SSSR count). The second-order valence-electron chi connectivity index (χ2n) is 8.13. The first-order valence-electron chi connectivity index (χ1n) is 9.77. The van der Waals surface area contributed by atoms with E-state index in [0.29, 0.717) is 11.3 Å². The van der Waals surface area contributed by atoms with Crippen LogP contribution in [-0.4, -0.2) is 30.4 Å². The van der Waals surface area contributed by atoms with Gasteiger partial charge in [0.05, 0.1) is 6.04 Å². The third-order valence-electron chi connectivity index (χ3n) is 6.81. The molecule has 2 unspecified atom stereocenters. The molecule has 3 nitrogen and oxygen atoms in total. The van der Waals surface area contributed by atoms with Gasteiger partial charge in [-0.3, -0.25) is 4.79 Å². The van der Waals surface area contributed by atoms with Crippen molar-refractivity contribution in [3.05, 3.63) is 48.0 Å². The maximum Gasteiger partial charge on any atom is 0.226 e. The minimum atomic E-state index is 0. The number of likely N-dealkylation sites (tertiary alicyclic amines) is 1. The van der Waals surface area contributed by atoms with Gasteiger partial charge in [0.1, 0.15) is 0 Å². The summed E-state index contributed by atoms with van der Waals surface area (Å²) in [7, 11) is 0. The number of nitrogens with one attached hydrogen (secondary N) is 1. The van der Waals surface area contributed by atoms with Gasteiger partial charge in [0, 0.05) is 12.5 Å². The Hall–Kier alpha value is -1.58. The van der Waals surface area contributed by atoms with Crippen molar-refractivity contribution in [1.29, 1.82) is 0 Å². The molecule has 2 aromatic carbocycles. The van der Waals surface area contributed by atoms with Crippen LogP contribution in [0, 0.1) is 11.3 Å². The average molecular weight is 371 g/mol. The van der Waals surface area contributed by atoms with E-state index in [-0.39, 0.29) is 24.4 Å². The zero-order valence-electron chi connectivity index (χ0n) is 15.1. The van der Waals surface area contributed by atoms with Gasteiger partial charge in [0.25, 0.3) is 0 Å². The number of hydrogen-bond acceptors (Lipinski definition) is 2. The molecule has 2 saturated heterocycles. The molecule has 0 bridgehead atoms. The van der Waals surface area contributed by atoms with Crippen molar-refractivity contribution in [2.75, 3.05) is 19.6 Å². The van der Waals surface area contributed by atoms with Crippen LogP contribution in [0.4, 0.5) is 0 Å². The van der Waals surface area contributed by atoms with Gasteiger partial charge in [-0.1, -0.05) is 42.5 Å². The van der Waals surface area contributed by atoms with Gasteiger partial charge in [0.15, 0.2) is 0 Å². The predicted octanol–water partition coefficient (Wildman–Crippen LogP) is 4.31. The fraction of sp³-hybridized carbons (Fsp3) is 0.500. The number of benzene rings is 2. The Morgan fingerprint density at radius 1 is 1.08 bits per heavy atom. The van der Waals surface area contributed by atoms with Crippen molar-refractivity contribution in [3.63, 3.8) is 0 Å². The Balaban J connectivity index is 0.00000168. The summed E-state index contributed by atoms with van der Waals surface area (Å²) in [4.78, 5) is 15.5. The second kappa shape index (κ2) is 6.86. The molecule has 138 valence electrons. The SMILES string of the molecule is Cl.O=C(C1CC12CCNCC2)N1CCCC1c1cccc2ccccc12. The monoisotopic (exact) mass is 370 g/mol. The molecule has 3 fully saturated rings. The zero-order valence-corrected chi connectivity index (χ0v) is 15.9. The number of hydrogen-bond donors (Lipinski definition) is 1. The Morgan fingerprint density at radius 3 is 2.69 bits per heavy atom. The number of amides is 1. The molecule has 2 aromatic rings. The lowest BCUT2D eigenvalue weighted by molar-refractivity contribution is -0.134. The summed E-state index contributed by atoms with van der Waals surface area (Å²) >= 11 is 0. The van der Waals surface area contributed by atoms with Crippen molar-refractivity contribution in [2.45, 2.75) is 38.1 Å². The highest BCUT2D eigenvalue weighted by Crippen LogP contribution is 2.60. The highest BCUT2D eigenvalue weighted by Gasteiger charge is 2.59. The minimum absolute atomic E-state index is 0. The molecular weight excluding hydrogens is 344 g/mol. The molecule has 1 amide bonds. The lowest BCUT2D eigenvalue weighted by atomic mass is 9.91. The minimum Gasteiger partial charge on any atom is -0.335 e. The molecule has 1 saturated carbocycles. The highest BCUT2D eigenvalue weighted by atomic mass is 35.5. The second-order valence-corrected chi connectivity index (χ2v) is 8.13. The Morgan fingerprint density at radius 2 is 1.85 bits per heavy atom. The summed E-state index contributed by atoms with van der Waals surface area (Å²) in [6.07, 6.45) is 5.69. The third-order valence-corrected chi connectivity index (χ3v) is 6.81. The van der Waals surface area contributed by atoms with E-state index in [9.17, 15) is 4.79 Å². The smallest absolute Gasteiger partial charge is 0.226 e. The summed E-state index contributed by atoms with van der Waals surface area (Å²) in [6.45, 7) is 3.09. The van der Waals surface area contributed by atoms with Crippen molar-refractivity contribution < 1.29 is 4.79 Å². The van der Waals surface area contributed by atoms with Crippen LogP contribution >= 0.6 is 12.4 Å². The number of fused-ring (bicyclic) bond motifs is 1. The molecule has 2 heterocycles. The standard InChI is InChI=1S/C22H26N2O.ClH/c25-21(19-15-22(19)10-12-23-13-11-22)24-14-4-9-20(24)18-8-3-6-16-5-1-2-7-17(16)18;/h1-3,5-8,19-20,23H,4,9-15H2;1H. The van der Waals surface area contributed by atoms with E-state index in [2.05, 4.69) is 52.7 Å². The van der Waals surface area contributed by atoms with E-state index in [1.54, 1.807) is 0 Å². The van der Waals surface area contributed by atoms with Gasteiger partial charge < -0.3 is 10.2 Å². The van der Waals surface area contributed by atoms with Crippen LogP contribution in [0.1, 0.15) is 43.7 Å². The molecule has 4 heteroatoms.